The van der Waals surface area contributed by atoms with Gasteiger partial charge in [0.05, 0.1) is 6.42 Å². The number of benzene rings is 1. The van der Waals surface area contributed by atoms with Crippen molar-refractivity contribution >= 4 is 21.9 Å². The van der Waals surface area contributed by atoms with Crippen LogP contribution in [0.15, 0.2) is 22.7 Å². The third-order valence-electron chi connectivity index (χ3n) is 3.57. The number of likely N-dealkylation sites (tertiary alicyclic amines) is 1. The van der Waals surface area contributed by atoms with Gasteiger partial charge in [-0.05, 0) is 37.6 Å². The average molecular weight is 328 g/mol. The molecule has 1 aromatic rings. The second kappa shape index (κ2) is 6.39. The molecule has 0 bridgehead atoms. The highest BCUT2D eigenvalue weighted by molar-refractivity contribution is 9.10. The highest BCUT2D eigenvalue weighted by Crippen LogP contribution is 2.27. The molecule has 0 saturated carbocycles. The van der Waals surface area contributed by atoms with Gasteiger partial charge in [0, 0.05) is 22.6 Å². The second-order valence-electron chi connectivity index (χ2n) is 4.99. The SMILES string of the molecule is O=C(O)CC1CCCCN1Cc1cc(Br)ccc1O. The predicted octanol–water partition coefficient (Wildman–Crippen LogP) is 2.98. The lowest BCUT2D eigenvalue weighted by atomic mass is 9.98. The number of hydrogen-bond donors (Lipinski definition) is 2. The third kappa shape index (κ3) is 3.94. The number of aliphatic carboxylic acids is 1. The van der Waals surface area contributed by atoms with Gasteiger partial charge < -0.3 is 10.2 Å². The van der Waals surface area contributed by atoms with Crippen LogP contribution < -0.4 is 0 Å². The molecule has 2 rings (SSSR count). The minimum absolute atomic E-state index is 0.0737. The molecule has 0 amide bonds. The van der Waals surface area contributed by atoms with Gasteiger partial charge in [-0.2, -0.15) is 0 Å². The van der Waals surface area contributed by atoms with E-state index in [9.17, 15) is 9.90 Å². The molecule has 0 aromatic heterocycles. The smallest absolute Gasteiger partial charge is 0.304 e. The molecule has 0 spiro atoms. The Kier molecular flexibility index (Phi) is 4.82. The maximum Gasteiger partial charge on any atom is 0.304 e. The number of carbonyl (C=O) groups is 1. The van der Waals surface area contributed by atoms with Crippen LogP contribution in [0.5, 0.6) is 5.75 Å². The molecule has 1 aromatic carbocycles. The number of rotatable bonds is 4. The molecular formula is C14H18BrNO3. The lowest BCUT2D eigenvalue weighted by Crippen LogP contribution is -2.40. The summed E-state index contributed by atoms with van der Waals surface area (Å²) in [5, 5.41) is 18.8. The molecule has 1 unspecified atom stereocenters. The van der Waals surface area contributed by atoms with E-state index in [0.29, 0.717) is 6.54 Å². The maximum absolute atomic E-state index is 10.9. The number of hydrogen-bond acceptors (Lipinski definition) is 3. The molecule has 1 atom stereocenters. The van der Waals surface area contributed by atoms with Crippen LogP contribution in [0.2, 0.25) is 0 Å². The molecule has 19 heavy (non-hydrogen) atoms. The van der Waals surface area contributed by atoms with Crippen molar-refractivity contribution < 1.29 is 15.0 Å². The number of halogens is 1. The van der Waals surface area contributed by atoms with Gasteiger partial charge in [0.1, 0.15) is 5.75 Å². The van der Waals surface area contributed by atoms with E-state index in [1.165, 1.54) is 0 Å². The van der Waals surface area contributed by atoms with E-state index in [1.54, 1.807) is 12.1 Å². The first-order chi connectivity index (χ1) is 9.06. The molecule has 1 saturated heterocycles. The lowest BCUT2D eigenvalue weighted by molar-refractivity contribution is -0.138. The third-order valence-corrected chi connectivity index (χ3v) is 4.07. The van der Waals surface area contributed by atoms with Crippen LogP contribution in [0, 0.1) is 0 Å². The summed E-state index contributed by atoms with van der Waals surface area (Å²) in [4.78, 5) is 13.1. The first kappa shape index (κ1) is 14.3. The predicted molar refractivity (Wildman–Crippen MR) is 76.1 cm³/mol. The van der Waals surface area contributed by atoms with Crippen LogP contribution in [-0.4, -0.2) is 33.7 Å². The van der Waals surface area contributed by atoms with E-state index in [1.807, 2.05) is 6.07 Å². The lowest BCUT2D eigenvalue weighted by Gasteiger charge is -2.35. The van der Waals surface area contributed by atoms with E-state index >= 15 is 0 Å². The van der Waals surface area contributed by atoms with Gasteiger partial charge in [0.25, 0.3) is 0 Å². The van der Waals surface area contributed by atoms with E-state index < -0.39 is 5.97 Å². The molecule has 1 aliphatic rings. The summed E-state index contributed by atoms with van der Waals surface area (Å²) in [6, 6.07) is 5.42. The highest BCUT2D eigenvalue weighted by atomic mass is 79.9. The molecule has 2 N–H and O–H groups in total. The summed E-state index contributed by atoms with van der Waals surface area (Å²) in [5.74, 6) is -0.488. The van der Waals surface area contributed by atoms with Gasteiger partial charge >= 0.3 is 5.97 Å². The van der Waals surface area contributed by atoms with Crippen LogP contribution in [0.25, 0.3) is 0 Å². The van der Waals surface area contributed by atoms with Gasteiger partial charge in [0.15, 0.2) is 0 Å². The Hall–Kier alpha value is -1.07. The number of piperidine rings is 1. The van der Waals surface area contributed by atoms with E-state index in [0.717, 1.165) is 35.8 Å². The number of carboxylic acids is 1. The standard InChI is InChI=1S/C14H18BrNO3/c15-11-4-5-13(17)10(7-11)9-16-6-2-1-3-12(16)8-14(18)19/h4-5,7,12,17H,1-3,6,8-9H2,(H,18,19). The first-order valence-corrected chi connectivity index (χ1v) is 7.29. The molecule has 5 heteroatoms. The minimum atomic E-state index is -0.754. The normalized spacial score (nSPS) is 20.4. The fourth-order valence-electron chi connectivity index (χ4n) is 2.60. The van der Waals surface area contributed by atoms with E-state index in [2.05, 4.69) is 20.8 Å². The first-order valence-electron chi connectivity index (χ1n) is 6.49. The van der Waals surface area contributed by atoms with Gasteiger partial charge in [-0.3, -0.25) is 9.69 Å². The molecule has 1 fully saturated rings. The van der Waals surface area contributed by atoms with Crippen LogP contribution in [0.1, 0.15) is 31.2 Å². The summed E-state index contributed by atoms with van der Waals surface area (Å²) < 4.78 is 0.923. The van der Waals surface area contributed by atoms with Crippen LogP contribution >= 0.6 is 15.9 Å². The quantitative estimate of drug-likeness (QED) is 0.892. The summed E-state index contributed by atoms with van der Waals surface area (Å²) in [6.07, 6.45) is 3.26. The van der Waals surface area contributed by atoms with Crippen LogP contribution in [0.3, 0.4) is 0 Å². The van der Waals surface area contributed by atoms with Gasteiger partial charge in [-0.25, -0.2) is 0 Å². The Morgan fingerprint density at radius 3 is 2.95 bits per heavy atom. The van der Waals surface area contributed by atoms with E-state index in [-0.39, 0.29) is 18.2 Å². The zero-order chi connectivity index (χ0) is 13.8. The molecule has 0 aliphatic carbocycles. The van der Waals surface area contributed by atoms with Gasteiger partial charge in [-0.1, -0.05) is 22.4 Å². The number of aromatic hydroxyl groups is 1. The number of phenolic OH excluding ortho intramolecular Hbond substituents is 1. The Morgan fingerprint density at radius 1 is 1.42 bits per heavy atom. The zero-order valence-corrected chi connectivity index (χ0v) is 12.3. The second-order valence-corrected chi connectivity index (χ2v) is 5.91. The topological polar surface area (TPSA) is 60.8 Å². The fourth-order valence-corrected chi connectivity index (χ4v) is 3.01. The van der Waals surface area contributed by atoms with Crippen LogP contribution in [0.4, 0.5) is 0 Å². The molecule has 4 nitrogen and oxygen atoms in total. The highest BCUT2D eigenvalue weighted by Gasteiger charge is 2.25. The van der Waals surface area contributed by atoms with Crippen molar-refractivity contribution in [2.45, 2.75) is 38.3 Å². The van der Waals surface area contributed by atoms with Gasteiger partial charge in [0.2, 0.25) is 0 Å². The van der Waals surface area contributed by atoms with Crippen molar-refractivity contribution in [2.75, 3.05) is 6.54 Å². The van der Waals surface area contributed by atoms with E-state index in [4.69, 9.17) is 5.11 Å². The average Bonchev–Trinajstić information content (AvgIpc) is 2.35. The van der Waals surface area contributed by atoms with Crippen molar-refractivity contribution in [2.24, 2.45) is 0 Å². The molecular weight excluding hydrogens is 310 g/mol. The Labute approximate surface area is 121 Å². The van der Waals surface area contributed by atoms with Crippen molar-refractivity contribution in [1.82, 2.24) is 4.90 Å². The fraction of sp³-hybridized carbons (Fsp3) is 0.500. The van der Waals surface area contributed by atoms with Crippen LogP contribution in [-0.2, 0) is 11.3 Å². The molecule has 0 radical (unpaired) electrons. The number of phenols is 1. The zero-order valence-electron chi connectivity index (χ0n) is 10.7. The maximum atomic E-state index is 10.9. The van der Waals surface area contributed by atoms with Gasteiger partial charge in [-0.15, -0.1) is 0 Å². The monoisotopic (exact) mass is 327 g/mol. The number of carboxylic acid groups (broad SMARTS) is 1. The van der Waals surface area contributed by atoms with Crippen molar-refractivity contribution in [3.63, 3.8) is 0 Å². The Balaban J connectivity index is 2.10. The summed E-state index contributed by atoms with van der Waals surface area (Å²) in [7, 11) is 0. The van der Waals surface area contributed by atoms with Crippen molar-refractivity contribution in [1.29, 1.82) is 0 Å². The molecule has 104 valence electrons. The summed E-state index contributed by atoms with van der Waals surface area (Å²) in [6.45, 7) is 1.49. The van der Waals surface area contributed by atoms with Crippen molar-refractivity contribution in [3.05, 3.63) is 28.2 Å². The Bertz CT molecular complexity index is 464. The summed E-state index contributed by atoms with van der Waals surface area (Å²) in [5.41, 5.74) is 0.840. The van der Waals surface area contributed by atoms with Crippen molar-refractivity contribution in [3.8, 4) is 5.75 Å². The minimum Gasteiger partial charge on any atom is -0.508 e. The summed E-state index contributed by atoms with van der Waals surface area (Å²) >= 11 is 3.39. The molecule has 1 heterocycles. The number of nitrogens with zero attached hydrogens (tertiary/aromatic N) is 1. The molecule has 1 aliphatic heterocycles. The Morgan fingerprint density at radius 2 is 2.21 bits per heavy atom. The largest absolute Gasteiger partial charge is 0.508 e.